The molecule has 0 unspecified atom stereocenters. The Morgan fingerprint density at radius 2 is 1.88 bits per heavy atom. The van der Waals surface area contributed by atoms with Gasteiger partial charge in [-0.3, -0.25) is 4.79 Å². The van der Waals surface area contributed by atoms with E-state index in [9.17, 15) is 4.79 Å². The molecule has 8 heteroatoms. The van der Waals surface area contributed by atoms with E-state index in [1.807, 2.05) is 47.5 Å². The molecule has 1 fully saturated rings. The van der Waals surface area contributed by atoms with Crippen molar-refractivity contribution in [3.63, 3.8) is 0 Å². The fourth-order valence-corrected chi connectivity index (χ4v) is 3.67. The molecule has 1 amide bonds. The Hall–Kier alpha value is -3.42. The van der Waals surface area contributed by atoms with Gasteiger partial charge in [-0.05, 0) is 42.8 Å². The van der Waals surface area contributed by atoms with E-state index in [1.54, 1.807) is 16.9 Å². The smallest absolute Gasteiger partial charge is 0.253 e. The first kappa shape index (κ1) is 21.8. The van der Waals surface area contributed by atoms with Crippen LogP contribution < -0.4 is 9.47 Å². The molecule has 0 aliphatic carbocycles. The molecule has 0 atom stereocenters. The lowest BCUT2D eigenvalue weighted by atomic mass is 10.1. The zero-order chi connectivity index (χ0) is 22.2. The summed E-state index contributed by atoms with van der Waals surface area (Å²) in [7, 11) is 0. The first-order chi connectivity index (χ1) is 15.7. The lowest BCUT2D eigenvalue weighted by Crippen LogP contribution is -2.41. The van der Waals surface area contributed by atoms with Crippen LogP contribution >= 0.6 is 0 Å². The summed E-state index contributed by atoms with van der Waals surface area (Å²) in [6.07, 6.45) is 8.42. The number of piperidine rings is 1. The molecule has 3 aromatic rings. The predicted molar refractivity (Wildman–Crippen MR) is 120 cm³/mol. The third kappa shape index (κ3) is 5.63. The van der Waals surface area contributed by atoms with E-state index >= 15 is 0 Å². The third-order valence-electron chi connectivity index (χ3n) is 5.50. The maximum absolute atomic E-state index is 12.8. The topological polar surface area (TPSA) is 82.4 Å². The fourth-order valence-electron chi connectivity index (χ4n) is 3.67. The van der Waals surface area contributed by atoms with Crippen molar-refractivity contribution in [2.75, 3.05) is 19.7 Å². The molecule has 1 aromatic carbocycles. The molecule has 0 spiro atoms. The van der Waals surface area contributed by atoms with Crippen LogP contribution in [-0.2, 0) is 0 Å². The van der Waals surface area contributed by atoms with Gasteiger partial charge in [0.1, 0.15) is 11.9 Å². The third-order valence-corrected chi connectivity index (χ3v) is 5.50. The van der Waals surface area contributed by atoms with E-state index in [-0.39, 0.29) is 12.0 Å². The van der Waals surface area contributed by atoms with Crippen LogP contribution in [0.5, 0.6) is 11.6 Å². The molecule has 1 aliphatic heterocycles. The zero-order valence-corrected chi connectivity index (χ0v) is 18.4. The lowest BCUT2D eigenvalue weighted by Gasteiger charge is -2.32. The Bertz CT molecular complexity index is 966. The van der Waals surface area contributed by atoms with Crippen LogP contribution in [0.15, 0.2) is 54.9 Å². The van der Waals surface area contributed by atoms with E-state index in [2.05, 4.69) is 22.2 Å². The highest BCUT2D eigenvalue weighted by molar-refractivity contribution is 5.94. The summed E-state index contributed by atoms with van der Waals surface area (Å²) in [6.45, 7) is 4.18. The largest absolute Gasteiger partial charge is 0.494 e. The number of hydrogen-bond donors (Lipinski definition) is 0. The maximum atomic E-state index is 12.8. The first-order valence-corrected chi connectivity index (χ1v) is 11.3. The highest BCUT2D eigenvalue weighted by Gasteiger charge is 2.25. The summed E-state index contributed by atoms with van der Waals surface area (Å²) in [4.78, 5) is 14.7. The van der Waals surface area contributed by atoms with Crippen LogP contribution in [0.3, 0.4) is 0 Å². The van der Waals surface area contributed by atoms with Crippen molar-refractivity contribution in [3.05, 3.63) is 60.4 Å². The summed E-state index contributed by atoms with van der Waals surface area (Å²) in [5, 5.41) is 12.4. The second kappa shape index (κ2) is 10.7. The first-order valence-electron chi connectivity index (χ1n) is 11.3. The zero-order valence-electron chi connectivity index (χ0n) is 18.4. The van der Waals surface area contributed by atoms with Crippen LogP contribution in [0.1, 0.15) is 49.4 Å². The number of unbranched alkanes of at least 4 members (excludes halogenated alkanes) is 2. The van der Waals surface area contributed by atoms with Gasteiger partial charge >= 0.3 is 0 Å². The van der Waals surface area contributed by atoms with Crippen molar-refractivity contribution >= 4 is 5.91 Å². The van der Waals surface area contributed by atoms with Crippen molar-refractivity contribution < 1.29 is 14.3 Å². The summed E-state index contributed by atoms with van der Waals surface area (Å²) in [5.74, 6) is 1.98. The van der Waals surface area contributed by atoms with Crippen molar-refractivity contribution in [3.8, 4) is 17.4 Å². The summed E-state index contributed by atoms with van der Waals surface area (Å²) < 4.78 is 13.3. The van der Waals surface area contributed by atoms with Crippen LogP contribution in [0, 0.1) is 0 Å². The number of aromatic nitrogens is 4. The summed E-state index contributed by atoms with van der Waals surface area (Å²) >= 11 is 0. The normalized spacial score (nSPS) is 14.3. The van der Waals surface area contributed by atoms with Gasteiger partial charge in [0.15, 0.2) is 5.82 Å². The molecule has 32 heavy (non-hydrogen) atoms. The molecule has 1 saturated heterocycles. The van der Waals surface area contributed by atoms with Crippen molar-refractivity contribution in [1.82, 2.24) is 24.9 Å². The number of hydrogen-bond acceptors (Lipinski definition) is 6. The number of rotatable bonds is 9. The molecule has 8 nitrogen and oxygen atoms in total. The van der Waals surface area contributed by atoms with Crippen LogP contribution in [0.25, 0.3) is 5.82 Å². The monoisotopic (exact) mass is 435 g/mol. The van der Waals surface area contributed by atoms with Crippen LogP contribution in [0.4, 0.5) is 0 Å². The maximum Gasteiger partial charge on any atom is 0.253 e. The number of likely N-dealkylation sites (tertiary alicyclic amines) is 1. The number of ether oxygens (including phenoxy) is 2. The average molecular weight is 436 g/mol. The molecule has 4 rings (SSSR count). The van der Waals surface area contributed by atoms with Gasteiger partial charge in [0.2, 0.25) is 5.88 Å². The Labute approximate surface area is 188 Å². The molecule has 1 aliphatic rings. The molecule has 0 bridgehead atoms. The Kier molecular flexibility index (Phi) is 7.32. The molecular weight excluding hydrogens is 406 g/mol. The minimum atomic E-state index is 0.0165. The van der Waals surface area contributed by atoms with Crippen molar-refractivity contribution in [2.24, 2.45) is 0 Å². The van der Waals surface area contributed by atoms with Gasteiger partial charge in [-0.25, -0.2) is 4.68 Å². The van der Waals surface area contributed by atoms with E-state index in [4.69, 9.17) is 9.47 Å². The molecule has 168 valence electrons. The summed E-state index contributed by atoms with van der Waals surface area (Å²) in [6, 6.07) is 12.9. The Morgan fingerprint density at radius 1 is 1.06 bits per heavy atom. The second-order valence-corrected chi connectivity index (χ2v) is 7.87. The van der Waals surface area contributed by atoms with Gasteiger partial charge < -0.3 is 14.4 Å². The molecule has 0 N–H and O–H groups in total. The molecule has 0 radical (unpaired) electrons. The summed E-state index contributed by atoms with van der Waals surface area (Å²) in [5.41, 5.74) is 0.686. The molecular formula is C24H29N5O3. The van der Waals surface area contributed by atoms with Crippen molar-refractivity contribution in [2.45, 2.75) is 45.1 Å². The van der Waals surface area contributed by atoms with E-state index < -0.39 is 0 Å². The highest BCUT2D eigenvalue weighted by Crippen LogP contribution is 2.20. The van der Waals surface area contributed by atoms with E-state index in [0.29, 0.717) is 37.0 Å². The Balaban J connectivity index is 1.24. The second-order valence-electron chi connectivity index (χ2n) is 7.87. The fraction of sp³-hybridized carbons (Fsp3) is 0.417. The highest BCUT2D eigenvalue weighted by atomic mass is 16.5. The van der Waals surface area contributed by atoms with Gasteiger partial charge in [0, 0.05) is 50.0 Å². The van der Waals surface area contributed by atoms with Gasteiger partial charge in [-0.15, -0.1) is 10.2 Å². The average Bonchev–Trinajstić information content (AvgIpc) is 3.38. The minimum Gasteiger partial charge on any atom is -0.494 e. The minimum absolute atomic E-state index is 0.0165. The SMILES string of the molecule is CCCCCOc1ccc(C(=O)N2CCC(Oc3ccc(-n4cccn4)nn3)CC2)cc1. The number of amides is 1. The number of nitrogens with zero attached hydrogens (tertiary/aromatic N) is 5. The number of benzene rings is 1. The number of carbonyl (C=O) groups excluding carboxylic acids is 1. The van der Waals surface area contributed by atoms with Crippen molar-refractivity contribution in [1.29, 1.82) is 0 Å². The predicted octanol–water partition coefficient (Wildman–Crippen LogP) is 3.91. The van der Waals surface area contributed by atoms with Gasteiger partial charge in [-0.1, -0.05) is 19.8 Å². The van der Waals surface area contributed by atoms with Gasteiger partial charge in [0.25, 0.3) is 5.91 Å². The number of carbonyl (C=O) groups is 1. The van der Waals surface area contributed by atoms with E-state index in [1.165, 1.54) is 12.8 Å². The lowest BCUT2D eigenvalue weighted by molar-refractivity contribution is 0.0586. The van der Waals surface area contributed by atoms with E-state index in [0.717, 1.165) is 25.0 Å². The van der Waals surface area contributed by atoms with Crippen LogP contribution in [-0.4, -0.2) is 56.6 Å². The molecule has 3 heterocycles. The molecule has 0 saturated carbocycles. The quantitative estimate of drug-likeness (QED) is 0.474. The standard InChI is InChI=1S/C24H29N5O3/c1-2-3-4-18-31-20-8-6-19(7-9-20)24(30)28-16-12-21(13-17-28)32-23-11-10-22(26-27-23)29-15-5-14-25-29/h5-11,14-15,21H,2-4,12-13,16-18H2,1H3. The van der Waals surface area contributed by atoms with Gasteiger partial charge in [0.05, 0.1) is 6.61 Å². The molecule has 2 aromatic heterocycles. The van der Waals surface area contributed by atoms with Gasteiger partial charge in [-0.2, -0.15) is 5.10 Å². The Morgan fingerprint density at radius 3 is 2.53 bits per heavy atom. The van der Waals surface area contributed by atoms with Crippen LogP contribution in [0.2, 0.25) is 0 Å².